The molecule has 0 radical (unpaired) electrons. The Kier molecular flexibility index (Phi) is 7.35. The molecule has 0 spiro atoms. The van der Waals surface area contributed by atoms with Crippen LogP contribution in [-0.4, -0.2) is 53.5 Å². The van der Waals surface area contributed by atoms with E-state index in [1.807, 2.05) is 84.6 Å². The molecule has 1 fully saturated rings. The molecule has 1 unspecified atom stereocenters. The minimum atomic E-state index is -0.587. The van der Waals surface area contributed by atoms with Gasteiger partial charge in [0.2, 0.25) is 0 Å². The maximum Gasteiger partial charge on any atom is 0.255 e. The first-order valence-electron chi connectivity index (χ1n) is 13.5. The van der Waals surface area contributed by atoms with Crippen molar-refractivity contribution in [1.29, 1.82) is 0 Å². The van der Waals surface area contributed by atoms with Gasteiger partial charge in [-0.1, -0.05) is 36.4 Å². The van der Waals surface area contributed by atoms with Crippen molar-refractivity contribution in [2.45, 2.75) is 12.6 Å². The average molecular weight is 553 g/mol. The van der Waals surface area contributed by atoms with Crippen molar-refractivity contribution in [2.24, 2.45) is 0 Å². The third-order valence-electron chi connectivity index (χ3n) is 7.26. The van der Waals surface area contributed by atoms with E-state index in [1.165, 1.54) is 12.1 Å². The van der Waals surface area contributed by atoms with Crippen LogP contribution in [0.5, 0.6) is 0 Å². The molecule has 208 valence electrons. The Labute approximate surface area is 237 Å². The van der Waals surface area contributed by atoms with Crippen LogP contribution in [0.3, 0.4) is 0 Å². The summed E-state index contributed by atoms with van der Waals surface area (Å²) in [5.74, 6) is -1.36. The van der Waals surface area contributed by atoms with E-state index in [1.54, 1.807) is 6.20 Å². The van der Waals surface area contributed by atoms with Gasteiger partial charge in [-0.05, 0) is 73.1 Å². The number of fused-ring (bicyclic) bond motifs is 1. The first kappa shape index (κ1) is 26.5. The predicted octanol–water partition coefficient (Wildman–Crippen LogP) is 5.29. The number of aromatic nitrogens is 2. The Balaban J connectivity index is 1.24. The van der Waals surface area contributed by atoms with Crippen LogP contribution in [0.15, 0.2) is 97.2 Å². The highest BCUT2D eigenvalue weighted by Crippen LogP contribution is 2.23. The predicted molar refractivity (Wildman–Crippen MR) is 157 cm³/mol. The number of likely N-dealkylation sites (N-methyl/N-ethyl adjacent to an activating group) is 1. The number of carbonyl (C=O) groups excluding carboxylic acids is 1. The molecule has 1 aliphatic heterocycles. The topological polar surface area (TPSA) is 65.4 Å². The molecule has 0 aliphatic carbocycles. The van der Waals surface area contributed by atoms with Gasteiger partial charge < -0.3 is 15.5 Å². The Morgan fingerprint density at radius 2 is 1.66 bits per heavy atom. The number of para-hydroxylation sites is 2. The molecular weight excluding hydrogens is 522 g/mol. The first-order chi connectivity index (χ1) is 19.9. The van der Waals surface area contributed by atoms with Crippen molar-refractivity contribution in [1.82, 2.24) is 20.1 Å². The van der Waals surface area contributed by atoms with E-state index in [2.05, 4.69) is 25.6 Å². The number of nitrogens with one attached hydrogen (secondary N) is 2. The van der Waals surface area contributed by atoms with E-state index in [-0.39, 0.29) is 12.1 Å². The average Bonchev–Trinajstić information content (AvgIpc) is 3.36. The lowest BCUT2D eigenvalue weighted by Gasteiger charge is -2.41. The third-order valence-corrected chi connectivity index (χ3v) is 7.26. The zero-order valence-electron chi connectivity index (χ0n) is 22.6. The highest BCUT2D eigenvalue weighted by atomic mass is 19.1. The summed E-state index contributed by atoms with van der Waals surface area (Å²) >= 11 is 0. The number of hydrogen-bond acceptors (Lipinski definition) is 5. The highest BCUT2D eigenvalue weighted by Gasteiger charge is 2.29. The van der Waals surface area contributed by atoms with Crippen LogP contribution in [0.4, 0.5) is 20.2 Å². The fourth-order valence-corrected chi connectivity index (χ4v) is 5.28. The Morgan fingerprint density at radius 1 is 0.902 bits per heavy atom. The molecule has 2 N–H and O–H groups in total. The molecule has 7 nitrogen and oxygen atoms in total. The molecule has 41 heavy (non-hydrogen) atoms. The quantitative estimate of drug-likeness (QED) is 0.287. The zero-order valence-corrected chi connectivity index (χ0v) is 22.6. The lowest BCUT2D eigenvalue weighted by molar-refractivity contribution is 0.0904. The van der Waals surface area contributed by atoms with Crippen LogP contribution in [0.2, 0.25) is 0 Å². The lowest BCUT2D eigenvalue weighted by atomic mass is 10.0. The highest BCUT2D eigenvalue weighted by molar-refractivity contribution is 6.00. The number of anilines is 2. The summed E-state index contributed by atoms with van der Waals surface area (Å²) in [5.41, 5.74) is 4.55. The van der Waals surface area contributed by atoms with Gasteiger partial charge in [-0.25, -0.2) is 8.78 Å². The monoisotopic (exact) mass is 552 g/mol. The summed E-state index contributed by atoms with van der Waals surface area (Å²) in [7, 11) is 2.03. The fraction of sp³-hybridized carbons (Fsp3) is 0.188. The fourth-order valence-electron chi connectivity index (χ4n) is 5.28. The Morgan fingerprint density at radius 3 is 2.46 bits per heavy atom. The standard InChI is InChI=1S/C32H30F2N6O/c1-38-13-14-39(31(21-38)37-32(41)28-9-5-6-10-29(28)36-27-7-3-2-4-8-27)40-30-12-11-22(16-24(30)20-35-40)15-23-17-25(33)19-26(34)18-23/h2-12,16-20,31,36H,13-15,21H2,1H3,(H,37,41). The van der Waals surface area contributed by atoms with Crippen molar-refractivity contribution >= 4 is 28.2 Å². The van der Waals surface area contributed by atoms with Crippen LogP contribution in [0.1, 0.15) is 21.5 Å². The smallest absolute Gasteiger partial charge is 0.255 e. The van der Waals surface area contributed by atoms with Crippen LogP contribution in [0.25, 0.3) is 10.9 Å². The summed E-state index contributed by atoms with van der Waals surface area (Å²) in [4.78, 5) is 17.6. The van der Waals surface area contributed by atoms with Crippen molar-refractivity contribution in [3.63, 3.8) is 0 Å². The molecule has 1 saturated heterocycles. The van der Waals surface area contributed by atoms with E-state index in [9.17, 15) is 13.6 Å². The van der Waals surface area contributed by atoms with E-state index in [0.29, 0.717) is 30.6 Å². The summed E-state index contributed by atoms with van der Waals surface area (Å²) < 4.78 is 27.4. The van der Waals surface area contributed by atoms with Gasteiger partial charge in [-0.3, -0.25) is 9.80 Å². The summed E-state index contributed by atoms with van der Waals surface area (Å²) in [5, 5.41) is 14.2. The second-order valence-electron chi connectivity index (χ2n) is 10.3. The second kappa shape index (κ2) is 11.4. The van der Waals surface area contributed by atoms with Crippen LogP contribution >= 0.6 is 0 Å². The molecule has 1 atom stereocenters. The molecule has 0 saturated carbocycles. The number of amides is 1. The maximum atomic E-state index is 13.7. The maximum absolute atomic E-state index is 13.7. The zero-order chi connectivity index (χ0) is 28.3. The summed E-state index contributed by atoms with van der Waals surface area (Å²) in [6.07, 6.45) is 1.85. The minimum absolute atomic E-state index is 0.185. The normalized spacial score (nSPS) is 15.7. The molecule has 1 aliphatic rings. The lowest BCUT2D eigenvalue weighted by Crippen LogP contribution is -2.63. The minimum Gasteiger partial charge on any atom is -0.355 e. The van der Waals surface area contributed by atoms with Gasteiger partial charge in [0.15, 0.2) is 0 Å². The number of carbonyl (C=O) groups is 1. The van der Waals surface area contributed by atoms with Gasteiger partial charge in [0.1, 0.15) is 17.8 Å². The van der Waals surface area contributed by atoms with E-state index >= 15 is 0 Å². The molecule has 5 aromatic rings. The largest absolute Gasteiger partial charge is 0.355 e. The molecule has 1 amide bonds. The van der Waals surface area contributed by atoms with E-state index in [4.69, 9.17) is 0 Å². The molecule has 4 aromatic carbocycles. The van der Waals surface area contributed by atoms with Gasteiger partial charge in [0, 0.05) is 30.2 Å². The van der Waals surface area contributed by atoms with Gasteiger partial charge >= 0.3 is 0 Å². The molecule has 6 rings (SSSR count). The number of rotatable bonds is 7. The molecule has 1 aromatic heterocycles. The first-order valence-corrected chi connectivity index (χ1v) is 13.5. The van der Waals surface area contributed by atoms with Crippen molar-refractivity contribution in [3.05, 3.63) is 126 Å². The SMILES string of the molecule is CN1CCN(n2ncc3cc(Cc4cc(F)cc(F)c4)ccc32)C(NC(=O)c2ccccc2Nc2ccccc2)C1. The molecule has 9 heteroatoms. The molecular formula is C32H30F2N6O. The van der Waals surface area contributed by atoms with Gasteiger partial charge in [0.05, 0.1) is 29.5 Å². The van der Waals surface area contributed by atoms with Crippen LogP contribution in [0, 0.1) is 11.6 Å². The van der Waals surface area contributed by atoms with E-state index in [0.717, 1.165) is 40.5 Å². The number of nitrogens with zero attached hydrogens (tertiary/aromatic N) is 4. The number of benzene rings is 4. The van der Waals surface area contributed by atoms with Crippen molar-refractivity contribution in [2.75, 3.05) is 37.0 Å². The van der Waals surface area contributed by atoms with Gasteiger partial charge in [0.25, 0.3) is 5.91 Å². The van der Waals surface area contributed by atoms with Crippen LogP contribution in [-0.2, 0) is 6.42 Å². The van der Waals surface area contributed by atoms with Crippen LogP contribution < -0.4 is 15.6 Å². The number of halogens is 2. The van der Waals surface area contributed by atoms with E-state index < -0.39 is 11.6 Å². The molecule has 0 bridgehead atoms. The second-order valence-corrected chi connectivity index (χ2v) is 10.3. The third kappa shape index (κ3) is 5.90. The Hall–Kier alpha value is -4.76. The molecule has 2 heterocycles. The van der Waals surface area contributed by atoms with Crippen molar-refractivity contribution < 1.29 is 13.6 Å². The number of hydrogen-bond donors (Lipinski definition) is 2. The van der Waals surface area contributed by atoms with Crippen molar-refractivity contribution in [3.8, 4) is 0 Å². The Bertz CT molecular complexity index is 1670. The summed E-state index contributed by atoms with van der Waals surface area (Å²) in [6.45, 7) is 2.08. The van der Waals surface area contributed by atoms with Gasteiger partial charge in [-0.15, -0.1) is 0 Å². The summed E-state index contributed by atoms with van der Waals surface area (Å²) in [6, 6.07) is 26.7. The number of piperazine rings is 1. The van der Waals surface area contributed by atoms with Gasteiger partial charge in [-0.2, -0.15) is 9.89 Å².